The minimum absolute atomic E-state index is 0.118. The second-order valence-electron chi connectivity index (χ2n) is 3.52. The number of imidazole rings is 1. The maximum atomic E-state index is 11.5. The summed E-state index contributed by atoms with van der Waals surface area (Å²) in [6, 6.07) is 0. The molecule has 20 heavy (non-hydrogen) atoms. The highest BCUT2D eigenvalue weighted by atomic mass is 16.1. The van der Waals surface area contributed by atoms with Crippen LogP contribution in [0.3, 0.4) is 0 Å². The average Bonchev–Trinajstić information content (AvgIpc) is 2.87. The fourth-order valence-electron chi connectivity index (χ4n) is 1.56. The Hall–Kier alpha value is -1.89. The van der Waals surface area contributed by atoms with Crippen LogP contribution in [-0.2, 0) is 6.54 Å². The zero-order valence-corrected chi connectivity index (χ0v) is 13.0. The SMILES string of the molecule is CC.CC.CNCCCn1cnc2c(=O)[nH]c(N)nc21. The number of nitrogens with zero attached hydrogens (tertiary/aromatic N) is 3. The van der Waals surface area contributed by atoms with Crippen LogP contribution in [0.4, 0.5) is 5.95 Å². The predicted octanol–water partition coefficient (Wildman–Crippen LogP) is 1.36. The molecule has 7 nitrogen and oxygen atoms in total. The third-order valence-electron chi connectivity index (χ3n) is 2.32. The molecule has 2 rings (SSSR count). The lowest BCUT2D eigenvalue weighted by molar-refractivity contribution is 0.621. The van der Waals surface area contributed by atoms with E-state index >= 15 is 0 Å². The van der Waals surface area contributed by atoms with E-state index in [4.69, 9.17) is 5.73 Å². The number of fused-ring (bicyclic) bond motifs is 1. The summed E-state index contributed by atoms with van der Waals surface area (Å²) in [7, 11) is 1.90. The third kappa shape index (κ3) is 4.65. The minimum Gasteiger partial charge on any atom is -0.369 e. The number of nitrogen functional groups attached to an aromatic ring is 1. The van der Waals surface area contributed by atoms with Crippen molar-refractivity contribution in [3.63, 3.8) is 0 Å². The van der Waals surface area contributed by atoms with E-state index in [2.05, 4.69) is 20.3 Å². The molecule has 0 saturated carbocycles. The average molecular weight is 282 g/mol. The molecule has 0 bridgehead atoms. The van der Waals surface area contributed by atoms with Crippen LogP contribution in [0.2, 0.25) is 0 Å². The fourth-order valence-corrected chi connectivity index (χ4v) is 1.56. The van der Waals surface area contributed by atoms with Crippen molar-refractivity contribution < 1.29 is 0 Å². The van der Waals surface area contributed by atoms with Crippen molar-refractivity contribution in [3.8, 4) is 0 Å². The molecule has 4 N–H and O–H groups in total. The lowest BCUT2D eigenvalue weighted by atomic mass is 10.4. The number of aromatic nitrogens is 4. The first-order chi connectivity index (χ1) is 9.72. The summed E-state index contributed by atoms with van der Waals surface area (Å²) in [5.41, 5.74) is 6.06. The van der Waals surface area contributed by atoms with Crippen molar-refractivity contribution in [1.29, 1.82) is 0 Å². The second-order valence-corrected chi connectivity index (χ2v) is 3.52. The molecule has 0 saturated heterocycles. The van der Waals surface area contributed by atoms with Gasteiger partial charge in [-0.25, -0.2) is 4.98 Å². The first kappa shape index (κ1) is 18.1. The Morgan fingerprint density at radius 2 is 2.00 bits per heavy atom. The van der Waals surface area contributed by atoms with Gasteiger partial charge in [0.05, 0.1) is 6.33 Å². The lowest BCUT2D eigenvalue weighted by Crippen LogP contribution is -2.13. The lowest BCUT2D eigenvalue weighted by Gasteiger charge is -2.02. The number of nitrogens with two attached hydrogens (primary N) is 1. The molecule has 0 radical (unpaired) electrons. The van der Waals surface area contributed by atoms with Crippen LogP contribution in [0.1, 0.15) is 34.1 Å². The van der Waals surface area contributed by atoms with Crippen molar-refractivity contribution in [2.45, 2.75) is 40.7 Å². The molecule has 0 aromatic carbocycles. The van der Waals surface area contributed by atoms with Crippen molar-refractivity contribution in [1.82, 2.24) is 24.8 Å². The van der Waals surface area contributed by atoms with Crippen LogP contribution in [0, 0.1) is 0 Å². The summed E-state index contributed by atoms with van der Waals surface area (Å²) in [5.74, 6) is 0.118. The van der Waals surface area contributed by atoms with Crippen molar-refractivity contribution in [2.24, 2.45) is 0 Å². The number of hydrogen-bond donors (Lipinski definition) is 3. The van der Waals surface area contributed by atoms with E-state index in [-0.39, 0.29) is 11.5 Å². The highest BCUT2D eigenvalue weighted by molar-refractivity contribution is 5.70. The molecule has 0 amide bonds. The summed E-state index contributed by atoms with van der Waals surface area (Å²) < 4.78 is 1.83. The molecule has 0 spiro atoms. The van der Waals surface area contributed by atoms with Crippen LogP contribution >= 0.6 is 0 Å². The molecule has 0 aliphatic carbocycles. The predicted molar refractivity (Wildman–Crippen MR) is 83.8 cm³/mol. The standard InChI is InChI=1S/C9H14N6O.2C2H6/c1-11-3-2-4-15-5-12-6-7(15)13-9(10)14-8(6)16;2*1-2/h5,11H,2-4H2,1H3,(H3,10,13,14,16);2*1-2H3. The number of hydrogen-bond acceptors (Lipinski definition) is 5. The van der Waals surface area contributed by atoms with Gasteiger partial charge in [0.1, 0.15) is 0 Å². The molecule has 2 aromatic heterocycles. The van der Waals surface area contributed by atoms with Gasteiger partial charge >= 0.3 is 0 Å². The number of H-pyrrole nitrogens is 1. The largest absolute Gasteiger partial charge is 0.369 e. The smallest absolute Gasteiger partial charge is 0.280 e. The van der Waals surface area contributed by atoms with Gasteiger partial charge in [-0.2, -0.15) is 4.98 Å². The Balaban J connectivity index is 0.000000829. The van der Waals surface area contributed by atoms with E-state index in [0.717, 1.165) is 19.5 Å². The van der Waals surface area contributed by atoms with Crippen molar-refractivity contribution in [2.75, 3.05) is 19.3 Å². The Labute approximate surface area is 119 Å². The van der Waals surface area contributed by atoms with Crippen molar-refractivity contribution in [3.05, 3.63) is 16.7 Å². The van der Waals surface area contributed by atoms with E-state index in [1.807, 2.05) is 39.3 Å². The van der Waals surface area contributed by atoms with Gasteiger partial charge in [0.15, 0.2) is 11.2 Å². The molecular weight excluding hydrogens is 256 g/mol. The van der Waals surface area contributed by atoms with Crippen LogP contribution in [0.5, 0.6) is 0 Å². The molecule has 0 aliphatic heterocycles. The summed E-state index contributed by atoms with van der Waals surface area (Å²) in [4.78, 5) is 22.0. The van der Waals surface area contributed by atoms with E-state index in [9.17, 15) is 4.79 Å². The van der Waals surface area contributed by atoms with Gasteiger partial charge in [-0.3, -0.25) is 9.78 Å². The highest BCUT2D eigenvalue weighted by Crippen LogP contribution is 2.06. The van der Waals surface area contributed by atoms with Gasteiger partial charge in [0, 0.05) is 6.54 Å². The van der Waals surface area contributed by atoms with Gasteiger partial charge in [-0.15, -0.1) is 0 Å². The van der Waals surface area contributed by atoms with Crippen LogP contribution in [0.15, 0.2) is 11.1 Å². The van der Waals surface area contributed by atoms with E-state index in [1.54, 1.807) is 6.33 Å². The molecule has 2 heterocycles. The molecule has 114 valence electrons. The quantitative estimate of drug-likeness (QED) is 0.735. The zero-order chi connectivity index (χ0) is 15.5. The molecular formula is C13H26N6O. The summed E-state index contributed by atoms with van der Waals surface area (Å²) in [6.45, 7) is 9.66. The Morgan fingerprint density at radius 1 is 1.35 bits per heavy atom. The molecule has 0 atom stereocenters. The molecule has 0 aliphatic rings. The van der Waals surface area contributed by atoms with Crippen LogP contribution in [-0.4, -0.2) is 33.1 Å². The topological polar surface area (TPSA) is 102 Å². The number of anilines is 1. The number of aryl methyl sites for hydroxylation is 1. The Morgan fingerprint density at radius 3 is 2.60 bits per heavy atom. The second kappa shape index (κ2) is 9.96. The first-order valence-electron chi connectivity index (χ1n) is 7.07. The van der Waals surface area contributed by atoms with Crippen LogP contribution < -0.4 is 16.6 Å². The summed E-state index contributed by atoms with van der Waals surface area (Å²) in [6.07, 6.45) is 2.55. The van der Waals surface area contributed by atoms with Gasteiger partial charge in [0.2, 0.25) is 5.95 Å². The van der Waals surface area contributed by atoms with E-state index in [0.29, 0.717) is 11.2 Å². The molecule has 2 aromatic rings. The number of rotatable bonds is 4. The van der Waals surface area contributed by atoms with Gasteiger partial charge < -0.3 is 15.6 Å². The number of aromatic amines is 1. The van der Waals surface area contributed by atoms with Crippen LogP contribution in [0.25, 0.3) is 11.2 Å². The number of nitrogens with one attached hydrogen (secondary N) is 2. The molecule has 0 unspecified atom stereocenters. The van der Waals surface area contributed by atoms with Gasteiger partial charge in [-0.1, -0.05) is 27.7 Å². The first-order valence-corrected chi connectivity index (χ1v) is 7.07. The molecule has 7 heteroatoms. The minimum atomic E-state index is -0.296. The van der Waals surface area contributed by atoms with E-state index < -0.39 is 0 Å². The zero-order valence-electron chi connectivity index (χ0n) is 13.0. The molecule has 0 fully saturated rings. The van der Waals surface area contributed by atoms with Gasteiger partial charge in [-0.05, 0) is 20.0 Å². The fraction of sp³-hybridized carbons (Fsp3) is 0.615. The normalized spacial score (nSPS) is 9.45. The van der Waals surface area contributed by atoms with E-state index in [1.165, 1.54) is 0 Å². The third-order valence-corrected chi connectivity index (χ3v) is 2.32. The van der Waals surface area contributed by atoms with Crippen molar-refractivity contribution >= 4 is 17.1 Å². The Bertz CT molecular complexity index is 545. The summed E-state index contributed by atoms with van der Waals surface area (Å²) in [5, 5.41) is 3.05. The maximum absolute atomic E-state index is 11.5. The van der Waals surface area contributed by atoms with Gasteiger partial charge in [0.25, 0.3) is 5.56 Å². The Kier molecular flexibility index (Phi) is 9.02. The summed E-state index contributed by atoms with van der Waals surface area (Å²) >= 11 is 0. The monoisotopic (exact) mass is 282 g/mol. The highest BCUT2D eigenvalue weighted by Gasteiger charge is 2.08. The maximum Gasteiger partial charge on any atom is 0.280 e.